The van der Waals surface area contributed by atoms with E-state index in [4.69, 9.17) is 14.6 Å². The summed E-state index contributed by atoms with van der Waals surface area (Å²) < 4.78 is 51.0. The van der Waals surface area contributed by atoms with Gasteiger partial charge in [0.25, 0.3) is 0 Å². The Morgan fingerprint density at radius 1 is 1.03 bits per heavy atom. The second-order valence-corrected chi connectivity index (χ2v) is 8.45. The van der Waals surface area contributed by atoms with Crippen molar-refractivity contribution < 1.29 is 32.5 Å². The third-order valence-corrected chi connectivity index (χ3v) is 5.54. The van der Waals surface area contributed by atoms with Crippen LogP contribution in [0.2, 0.25) is 0 Å². The third-order valence-electron chi connectivity index (χ3n) is 5.01. The predicted molar refractivity (Wildman–Crippen MR) is 127 cm³/mol. The summed E-state index contributed by atoms with van der Waals surface area (Å²) in [6.45, 7) is 3.39. The van der Waals surface area contributed by atoms with Gasteiger partial charge in [0.2, 0.25) is 0 Å². The van der Waals surface area contributed by atoms with Crippen molar-refractivity contribution in [1.82, 2.24) is 0 Å². The van der Waals surface area contributed by atoms with E-state index in [0.717, 1.165) is 27.7 Å². The maximum absolute atomic E-state index is 13.0. The minimum absolute atomic E-state index is 0.164. The van der Waals surface area contributed by atoms with Gasteiger partial charge in [0.1, 0.15) is 18.1 Å². The van der Waals surface area contributed by atoms with Crippen molar-refractivity contribution in [2.45, 2.75) is 26.1 Å². The van der Waals surface area contributed by atoms with Crippen LogP contribution in [0.3, 0.4) is 0 Å². The van der Waals surface area contributed by atoms with E-state index in [9.17, 15) is 18.0 Å². The quantitative estimate of drug-likeness (QED) is 0.333. The van der Waals surface area contributed by atoms with E-state index in [1.807, 2.05) is 24.3 Å². The molecule has 3 aromatic carbocycles. The average molecular weight is 535 g/mol. The second-order valence-electron chi connectivity index (χ2n) is 7.54. The molecule has 0 saturated heterocycles. The van der Waals surface area contributed by atoms with E-state index in [1.54, 1.807) is 31.2 Å². The van der Waals surface area contributed by atoms with Crippen LogP contribution in [0, 0.1) is 6.92 Å². The van der Waals surface area contributed by atoms with Crippen LogP contribution in [0.1, 0.15) is 29.2 Å². The molecule has 0 aliphatic heterocycles. The Hall–Kier alpha value is -3.26. The fourth-order valence-electron chi connectivity index (χ4n) is 3.18. The molecular weight excluding hydrogens is 513 g/mol. The van der Waals surface area contributed by atoms with Gasteiger partial charge in [0.05, 0.1) is 5.56 Å². The van der Waals surface area contributed by atoms with Crippen molar-refractivity contribution in [3.63, 3.8) is 0 Å². The molecule has 0 aliphatic rings. The Balaban J connectivity index is 1.81. The number of hydrogen-bond acceptors (Lipinski definition) is 3. The molecule has 0 spiro atoms. The number of rotatable bonds is 8. The van der Waals surface area contributed by atoms with Gasteiger partial charge in [-0.3, -0.25) is 0 Å². The SMILES string of the molecule is Cc1cc(OC/C=C(/c2ccc(Br)cc2)c2ccc(C(F)(F)F)cc2)ccc1OC(C)C(=O)O. The first-order valence-corrected chi connectivity index (χ1v) is 11.1. The average Bonchev–Trinajstić information content (AvgIpc) is 2.78. The van der Waals surface area contributed by atoms with E-state index in [0.29, 0.717) is 22.6 Å². The highest BCUT2D eigenvalue weighted by molar-refractivity contribution is 9.10. The van der Waals surface area contributed by atoms with Crippen LogP contribution >= 0.6 is 15.9 Å². The zero-order chi connectivity index (χ0) is 24.9. The zero-order valence-electron chi connectivity index (χ0n) is 18.4. The van der Waals surface area contributed by atoms with Gasteiger partial charge < -0.3 is 14.6 Å². The van der Waals surface area contributed by atoms with Crippen molar-refractivity contribution in [3.8, 4) is 11.5 Å². The van der Waals surface area contributed by atoms with Crippen LogP contribution in [0.5, 0.6) is 11.5 Å². The second kappa shape index (κ2) is 10.8. The molecule has 4 nitrogen and oxygen atoms in total. The number of carboxylic acid groups (broad SMARTS) is 1. The zero-order valence-corrected chi connectivity index (χ0v) is 20.0. The highest BCUT2D eigenvalue weighted by atomic mass is 79.9. The van der Waals surface area contributed by atoms with E-state index in [1.165, 1.54) is 19.1 Å². The Morgan fingerprint density at radius 3 is 2.15 bits per heavy atom. The third kappa shape index (κ3) is 6.63. The summed E-state index contributed by atoms with van der Waals surface area (Å²) in [6.07, 6.45) is -3.58. The van der Waals surface area contributed by atoms with Crippen LogP contribution in [0.25, 0.3) is 5.57 Å². The fourth-order valence-corrected chi connectivity index (χ4v) is 3.44. The van der Waals surface area contributed by atoms with Crippen LogP contribution in [0.4, 0.5) is 13.2 Å². The molecule has 1 atom stereocenters. The summed E-state index contributed by atoms with van der Waals surface area (Å²) in [5.74, 6) is -0.0710. The normalized spacial score (nSPS) is 12.8. The van der Waals surface area contributed by atoms with E-state index in [2.05, 4.69) is 15.9 Å². The standard InChI is InChI=1S/C26H22BrF3O4/c1-16-15-22(11-12-24(16)34-17(2)25(31)32)33-14-13-23(19-5-9-21(27)10-6-19)18-3-7-20(8-4-18)26(28,29)30/h3-13,15,17H,14H2,1-2H3,(H,31,32)/b23-13+. The monoisotopic (exact) mass is 534 g/mol. The van der Waals surface area contributed by atoms with Crippen LogP contribution in [-0.4, -0.2) is 23.8 Å². The molecule has 0 radical (unpaired) electrons. The van der Waals surface area contributed by atoms with Crippen molar-refractivity contribution in [3.05, 3.63) is 99.5 Å². The number of ether oxygens (including phenoxy) is 2. The molecule has 0 fully saturated rings. The minimum Gasteiger partial charge on any atom is -0.489 e. The predicted octanol–water partition coefficient (Wildman–Crippen LogP) is 7.14. The molecular formula is C26H22BrF3O4. The van der Waals surface area contributed by atoms with Crippen LogP contribution in [-0.2, 0) is 11.0 Å². The molecule has 3 rings (SSSR count). The number of aliphatic carboxylic acids is 1. The number of aryl methyl sites for hydroxylation is 1. The lowest BCUT2D eigenvalue weighted by atomic mass is 9.96. The van der Waals surface area contributed by atoms with Crippen molar-refractivity contribution in [2.75, 3.05) is 6.61 Å². The lowest BCUT2D eigenvalue weighted by molar-refractivity contribution is -0.144. The molecule has 0 saturated carbocycles. The summed E-state index contributed by atoms with van der Waals surface area (Å²) in [7, 11) is 0. The molecule has 8 heteroatoms. The minimum atomic E-state index is -4.40. The summed E-state index contributed by atoms with van der Waals surface area (Å²) in [6, 6.07) is 17.5. The molecule has 0 aliphatic carbocycles. The molecule has 1 N–H and O–H groups in total. The first-order chi connectivity index (χ1) is 16.0. The summed E-state index contributed by atoms with van der Waals surface area (Å²) in [5.41, 5.74) is 2.19. The maximum atomic E-state index is 13.0. The van der Waals surface area contributed by atoms with E-state index >= 15 is 0 Å². The molecule has 0 bridgehead atoms. The van der Waals surface area contributed by atoms with Crippen molar-refractivity contribution in [2.24, 2.45) is 0 Å². The number of carboxylic acids is 1. The lowest BCUT2D eigenvalue weighted by Gasteiger charge is -2.14. The van der Waals surface area contributed by atoms with Gasteiger partial charge in [-0.25, -0.2) is 4.79 Å². The molecule has 178 valence electrons. The first-order valence-electron chi connectivity index (χ1n) is 10.3. The largest absolute Gasteiger partial charge is 0.489 e. The summed E-state index contributed by atoms with van der Waals surface area (Å²) in [4.78, 5) is 11.0. The first kappa shape index (κ1) is 25.4. The Morgan fingerprint density at radius 2 is 1.62 bits per heavy atom. The number of alkyl halides is 3. The lowest BCUT2D eigenvalue weighted by Crippen LogP contribution is -2.23. The Kier molecular flexibility index (Phi) is 8.04. The highest BCUT2D eigenvalue weighted by Gasteiger charge is 2.30. The summed E-state index contributed by atoms with van der Waals surface area (Å²) in [5, 5.41) is 9.00. The van der Waals surface area contributed by atoms with Gasteiger partial charge in [-0.05, 0) is 84.7 Å². The summed E-state index contributed by atoms with van der Waals surface area (Å²) >= 11 is 3.39. The number of carbonyl (C=O) groups is 1. The fraction of sp³-hybridized carbons (Fsp3) is 0.192. The highest BCUT2D eigenvalue weighted by Crippen LogP contribution is 2.32. The van der Waals surface area contributed by atoms with Crippen LogP contribution in [0.15, 0.2) is 77.3 Å². The van der Waals surface area contributed by atoms with E-state index in [-0.39, 0.29) is 6.61 Å². The van der Waals surface area contributed by atoms with Crippen molar-refractivity contribution >= 4 is 27.5 Å². The molecule has 1 unspecified atom stereocenters. The maximum Gasteiger partial charge on any atom is 0.416 e. The molecule has 34 heavy (non-hydrogen) atoms. The number of hydrogen-bond donors (Lipinski definition) is 1. The van der Waals surface area contributed by atoms with Gasteiger partial charge in [0.15, 0.2) is 6.10 Å². The topological polar surface area (TPSA) is 55.8 Å². The van der Waals surface area contributed by atoms with Gasteiger partial charge in [-0.1, -0.05) is 40.2 Å². The van der Waals surface area contributed by atoms with Crippen LogP contribution < -0.4 is 9.47 Å². The smallest absolute Gasteiger partial charge is 0.416 e. The molecule has 0 aromatic heterocycles. The molecule has 0 amide bonds. The molecule has 3 aromatic rings. The molecule has 0 heterocycles. The number of benzene rings is 3. The number of halogens is 4. The van der Waals surface area contributed by atoms with Gasteiger partial charge in [-0.15, -0.1) is 0 Å². The van der Waals surface area contributed by atoms with Gasteiger partial charge in [-0.2, -0.15) is 13.2 Å². The Labute approximate surface area is 203 Å². The van der Waals surface area contributed by atoms with Gasteiger partial charge in [0, 0.05) is 4.47 Å². The van der Waals surface area contributed by atoms with Crippen molar-refractivity contribution in [1.29, 1.82) is 0 Å². The van der Waals surface area contributed by atoms with E-state index < -0.39 is 23.8 Å². The van der Waals surface area contributed by atoms with Gasteiger partial charge >= 0.3 is 12.1 Å². The Bertz CT molecular complexity index is 1170.